The molecule has 0 aliphatic rings. The number of allylic oxidation sites excluding steroid dienone is 1. The van der Waals surface area contributed by atoms with Crippen molar-refractivity contribution < 1.29 is 4.74 Å². The van der Waals surface area contributed by atoms with E-state index >= 15 is 0 Å². The Hall–Kier alpha value is -0.790. The molecule has 0 spiro atoms. The van der Waals surface area contributed by atoms with E-state index in [2.05, 4.69) is 12.2 Å². The lowest BCUT2D eigenvalue weighted by atomic mass is 10.1. The zero-order valence-corrected chi connectivity index (χ0v) is 9.13. The number of halogens is 1. The number of hydrogen-bond acceptors (Lipinski definition) is 1. The lowest BCUT2D eigenvalue weighted by Gasteiger charge is -1.96. The highest BCUT2D eigenvalue weighted by Crippen LogP contribution is 2.10. The van der Waals surface area contributed by atoms with Crippen LogP contribution in [0.15, 0.2) is 36.4 Å². The summed E-state index contributed by atoms with van der Waals surface area (Å²) >= 11 is 5.78. The molecular weight excluding hydrogens is 196 g/mol. The second-order valence-electron chi connectivity index (χ2n) is 3.08. The summed E-state index contributed by atoms with van der Waals surface area (Å²) in [5.74, 6) is 0. The Kier molecular flexibility index (Phi) is 5.35. The Morgan fingerprint density at radius 1 is 1.21 bits per heavy atom. The van der Waals surface area contributed by atoms with Gasteiger partial charge in [0, 0.05) is 18.7 Å². The maximum Gasteiger partial charge on any atom is 0.0496 e. The highest BCUT2D eigenvalue weighted by atomic mass is 35.5. The first-order valence-electron chi connectivity index (χ1n) is 4.71. The minimum atomic E-state index is 0.789. The Labute approximate surface area is 90.3 Å². The number of benzene rings is 1. The van der Waals surface area contributed by atoms with Gasteiger partial charge >= 0.3 is 0 Å². The second kappa shape index (κ2) is 6.63. The maximum atomic E-state index is 5.78. The van der Waals surface area contributed by atoms with Gasteiger partial charge in [-0.15, -0.1) is 0 Å². The maximum absolute atomic E-state index is 5.78. The molecule has 2 heteroatoms. The summed E-state index contributed by atoms with van der Waals surface area (Å²) < 4.78 is 4.94. The van der Waals surface area contributed by atoms with Crippen LogP contribution in [0.25, 0.3) is 0 Å². The van der Waals surface area contributed by atoms with Gasteiger partial charge < -0.3 is 4.74 Å². The Morgan fingerprint density at radius 3 is 2.57 bits per heavy atom. The normalized spacial score (nSPS) is 11.0. The van der Waals surface area contributed by atoms with Crippen molar-refractivity contribution in [2.75, 3.05) is 13.7 Å². The Morgan fingerprint density at radius 2 is 1.93 bits per heavy atom. The molecule has 76 valence electrons. The van der Waals surface area contributed by atoms with Crippen LogP contribution >= 0.6 is 11.6 Å². The van der Waals surface area contributed by atoms with E-state index in [-0.39, 0.29) is 0 Å². The molecule has 1 nitrogen and oxygen atoms in total. The molecular formula is C12H15ClO. The van der Waals surface area contributed by atoms with Crippen molar-refractivity contribution in [2.24, 2.45) is 0 Å². The Bertz CT molecular complexity index is 277. The number of rotatable bonds is 5. The van der Waals surface area contributed by atoms with Crippen LogP contribution in [-0.4, -0.2) is 13.7 Å². The average molecular weight is 211 g/mol. The molecule has 0 fully saturated rings. The third kappa shape index (κ3) is 4.45. The van der Waals surface area contributed by atoms with Gasteiger partial charge in [0.1, 0.15) is 0 Å². The van der Waals surface area contributed by atoms with E-state index in [1.807, 2.05) is 24.3 Å². The average Bonchev–Trinajstić information content (AvgIpc) is 2.21. The van der Waals surface area contributed by atoms with Crippen molar-refractivity contribution >= 4 is 11.6 Å². The van der Waals surface area contributed by atoms with E-state index < -0.39 is 0 Å². The summed E-state index contributed by atoms with van der Waals surface area (Å²) in [6.45, 7) is 0.789. The fourth-order valence-corrected chi connectivity index (χ4v) is 1.27. The fourth-order valence-electron chi connectivity index (χ4n) is 1.14. The van der Waals surface area contributed by atoms with Crippen LogP contribution in [0.5, 0.6) is 0 Å². The third-order valence-electron chi connectivity index (χ3n) is 1.92. The summed E-state index contributed by atoms with van der Waals surface area (Å²) in [5.41, 5.74) is 1.28. The van der Waals surface area contributed by atoms with Crippen molar-refractivity contribution in [3.8, 4) is 0 Å². The van der Waals surface area contributed by atoms with Crippen LogP contribution in [0.1, 0.15) is 12.0 Å². The lowest BCUT2D eigenvalue weighted by Crippen LogP contribution is -1.84. The van der Waals surface area contributed by atoms with Crippen molar-refractivity contribution in [3.63, 3.8) is 0 Å². The van der Waals surface area contributed by atoms with Crippen LogP contribution in [0.2, 0.25) is 5.02 Å². The van der Waals surface area contributed by atoms with E-state index in [1.54, 1.807) is 7.11 Å². The third-order valence-corrected chi connectivity index (χ3v) is 2.17. The van der Waals surface area contributed by atoms with Gasteiger partial charge in [0.2, 0.25) is 0 Å². The molecule has 1 rings (SSSR count). The molecule has 1 aromatic carbocycles. The largest absolute Gasteiger partial charge is 0.384 e. The van der Waals surface area contributed by atoms with Crippen LogP contribution in [-0.2, 0) is 11.2 Å². The summed E-state index contributed by atoms with van der Waals surface area (Å²) in [6.07, 6.45) is 6.23. The first-order chi connectivity index (χ1) is 6.83. The molecule has 0 heterocycles. The van der Waals surface area contributed by atoms with Gasteiger partial charge in [-0.2, -0.15) is 0 Å². The molecule has 0 saturated carbocycles. The molecule has 0 N–H and O–H groups in total. The minimum Gasteiger partial charge on any atom is -0.384 e. The van der Waals surface area contributed by atoms with Gasteiger partial charge in [0.05, 0.1) is 0 Å². The molecule has 0 atom stereocenters. The van der Waals surface area contributed by atoms with Crippen molar-refractivity contribution in [1.82, 2.24) is 0 Å². The molecule has 0 saturated heterocycles. The van der Waals surface area contributed by atoms with E-state index in [0.29, 0.717) is 0 Å². The topological polar surface area (TPSA) is 9.23 Å². The summed E-state index contributed by atoms with van der Waals surface area (Å²) in [7, 11) is 1.72. The SMILES string of the molecule is COCC/C=C/Cc1ccc(Cl)cc1. The molecule has 0 aliphatic carbocycles. The molecule has 1 aromatic rings. The zero-order chi connectivity index (χ0) is 10.2. The van der Waals surface area contributed by atoms with Crippen LogP contribution in [0, 0.1) is 0 Å². The molecule has 0 unspecified atom stereocenters. The lowest BCUT2D eigenvalue weighted by molar-refractivity contribution is 0.204. The molecule has 0 amide bonds. The molecule has 14 heavy (non-hydrogen) atoms. The highest BCUT2D eigenvalue weighted by molar-refractivity contribution is 6.30. The van der Waals surface area contributed by atoms with Gasteiger partial charge in [0.25, 0.3) is 0 Å². The molecule has 0 radical (unpaired) electrons. The summed E-state index contributed by atoms with van der Waals surface area (Å²) in [4.78, 5) is 0. The predicted molar refractivity (Wildman–Crippen MR) is 60.8 cm³/mol. The molecule has 0 aliphatic heterocycles. The Balaban J connectivity index is 2.30. The van der Waals surface area contributed by atoms with Gasteiger partial charge in [-0.25, -0.2) is 0 Å². The van der Waals surface area contributed by atoms with Crippen molar-refractivity contribution in [3.05, 3.63) is 47.0 Å². The van der Waals surface area contributed by atoms with Gasteiger partial charge in [-0.1, -0.05) is 35.9 Å². The number of ether oxygens (including phenoxy) is 1. The molecule has 0 aromatic heterocycles. The van der Waals surface area contributed by atoms with E-state index in [9.17, 15) is 0 Å². The monoisotopic (exact) mass is 210 g/mol. The number of hydrogen-bond donors (Lipinski definition) is 0. The quantitative estimate of drug-likeness (QED) is 0.534. The van der Waals surface area contributed by atoms with Gasteiger partial charge in [-0.3, -0.25) is 0 Å². The van der Waals surface area contributed by atoms with E-state index in [0.717, 1.165) is 24.5 Å². The summed E-state index contributed by atoms with van der Waals surface area (Å²) in [6, 6.07) is 7.92. The fraction of sp³-hybridized carbons (Fsp3) is 0.333. The van der Waals surface area contributed by atoms with Gasteiger partial charge in [-0.05, 0) is 30.5 Å². The minimum absolute atomic E-state index is 0.789. The first-order valence-corrected chi connectivity index (χ1v) is 5.09. The first kappa shape index (κ1) is 11.3. The van der Waals surface area contributed by atoms with Crippen molar-refractivity contribution in [2.45, 2.75) is 12.8 Å². The smallest absolute Gasteiger partial charge is 0.0496 e. The van der Waals surface area contributed by atoms with Crippen molar-refractivity contribution in [1.29, 1.82) is 0 Å². The predicted octanol–water partition coefficient (Wildman–Crippen LogP) is 3.48. The van der Waals surface area contributed by atoms with E-state index in [1.165, 1.54) is 5.56 Å². The van der Waals surface area contributed by atoms with E-state index in [4.69, 9.17) is 16.3 Å². The van der Waals surface area contributed by atoms with Crippen LogP contribution in [0.4, 0.5) is 0 Å². The number of methoxy groups -OCH3 is 1. The molecule has 0 bridgehead atoms. The van der Waals surface area contributed by atoms with Crippen LogP contribution < -0.4 is 0 Å². The van der Waals surface area contributed by atoms with Gasteiger partial charge in [0.15, 0.2) is 0 Å². The summed E-state index contributed by atoms with van der Waals surface area (Å²) in [5, 5.41) is 0.789. The van der Waals surface area contributed by atoms with Crippen LogP contribution in [0.3, 0.4) is 0 Å². The zero-order valence-electron chi connectivity index (χ0n) is 8.37. The highest BCUT2D eigenvalue weighted by Gasteiger charge is 1.89. The second-order valence-corrected chi connectivity index (χ2v) is 3.52. The standard InChI is InChI=1S/C12H15ClO/c1-14-10-4-2-3-5-11-6-8-12(13)9-7-11/h2-3,6-9H,4-5,10H2,1H3/b3-2+.